The maximum Gasteiger partial charge on any atom is 0.242 e. The van der Waals surface area contributed by atoms with Crippen molar-refractivity contribution in [3.05, 3.63) is 28.8 Å². The number of hydrogen-bond acceptors (Lipinski definition) is 4. The molecule has 1 aromatic carbocycles. The standard InChI is InChI=1S/C12H15ClN2O3S2/c1-18-9-5-8(6-9)15-20(16,17)11-4-7(12(14)19)2-3-10(11)13/h2-4,8-9,15H,5-6H2,1H3,(H2,14,19). The second-order valence-corrected chi connectivity index (χ2v) is 7.19. The highest BCUT2D eigenvalue weighted by Gasteiger charge is 2.33. The second kappa shape index (κ2) is 5.95. The van der Waals surface area contributed by atoms with Gasteiger partial charge in [-0.25, -0.2) is 13.1 Å². The smallest absolute Gasteiger partial charge is 0.242 e. The van der Waals surface area contributed by atoms with Crippen molar-refractivity contribution >= 4 is 38.8 Å². The van der Waals surface area contributed by atoms with Gasteiger partial charge in [0.15, 0.2) is 0 Å². The molecule has 0 amide bonds. The minimum atomic E-state index is -3.69. The molecule has 0 unspecified atom stereocenters. The number of hydrogen-bond donors (Lipinski definition) is 2. The molecule has 1 saturated carbocycles. The molecule has 0 saturated heterocycles. The van der Waals surface area contributed by atoms with E-state index in [1.54, 1.807) is 13.2 Å². The van der Waals surface area contributed by atoms with Crippen LogP contribution in [0.25, 0.3) is 0 Å². The first-order valence-electron chi connectivity index (χ1n) is 5.98. The maximum absolute atomic E-state index is 12.3. The molecular weight excluding hydrogens is 320 g/mol. The highest BCUT2D eigenvalue weighted by Crippen LogP contribution is 2.27. The van der Waals surface area contributed by atoms with Crippen LogP contribution in [0.4, 0.5) is 0 Å². The third kappa shape index (κ3) is 3.29. The van der Waals surface area contributed by atoms with Gasteiger partial charge in [-0.05, 0) is 25.0 Å². The summed E-state index contributed by atoms with van der Waals surface area (Å²) >= 11 is 10.8. The molecule has 0 spiro atoms. The number of nitrogens with one attached hydrogen (secondary N) is 1. The number of ether oxygens (including phenoxy) is 1. The lowest BCUT2D eigenvalue weighted by Gasteiger charge is -2.34. The highest BCUT2D eigenvalue weighted by molar-refractivity contribution is 7.89. The van der Waals surface area contributed by atoms with Crippen LogP contribution < -0.4 is 10.5 Å². The third-order valence-corrected chi connectivity index (χ3v) is 5.49. The Hall–Kier alpha value is -0.730. The van der Waals surface area contributed by atoms with Crippen LogP contribution in [0.5, 0.6) is 0 Å². The molecule has 1 fully saturated rings. The fraction of sp³-hybridized carbons (Fsp3) is 0.417. The summed E-state index contributed by atoms with van der Waals surface area (Å²) in [5, 5.41) is 0.139. The van der Waals surface area contributed by atoms with Crippen molar-refractivity contribution in [1.82, 2.24) is 4.72 Å². The molecule has 8 heteroatoms. The van der Waals surface area contributed by atoms with E-state index in [1.807, 2.05) is 0 Å². The first kappa shape index (κ1) is 15.7. The Morgan fingerprint density at radius 3 is 2.70 bits per heavy atom. The molecule has 1 aliphatic carbocycles. The lowest BCUT2D eigenvalue weighted by Crippen LogP contribution is -2.47. The Bertz CT molecular complexity index is 628. The average molecular weight is 335 g/mol. The minimum Gasteiger partial charge on any atom is -0.389 e. The number of nitrogens with two attached hydrogens (primary N) is 1. The number of sulfonamides is 1. The van der Waals surface area contributed by atoms with Crippen molar-refractivity contribution in [1.29, 1.82) is 0 Å². The molecule has 20 heavy (non-hydrogen) atoms. The lowest BCUT2D eigenvalue weighted by atomic mass is 9.90. The molecule has 0 aliphatic heterocycles. The van der Waals surface area contributed by atoms with Crippen LogP contribution in [0.3, 0.4) is 0 Å². The van der Waals surface area contributed by atoms with Crippen LogP contribution in [0, 0.1) is 0 Å². The molecular formula is C12H15ClN2O3S2. The predicted octanol–water partition coefficient (Wildman–Crippen LogP) is 1.43. The predicted molar refractivity (Wildman–Crippen MR) is 81.5 cm³/mol. The van der Waals surface area contributed by atoms with E-state index in [0.717, 1.165) is 0 Å². The van der Waals surface area contributed by atoms with Gasteiger partial charge in [-0.2, -0.15) is 0 Å². The summed E-state index contributed by atoms with van der Waals surface area (Å²) in [6.07, 6.45) is 1.42. The minimum absolute atomic E-state index is 0.00895. The van der Waals surface area contributed by atoms with Crippen molar-refractivity contribution < 1.29 is 13.2 Å². The molecule has 1 aliphatic rings. The number of methoxy groups -OCH3 is 1. The van der Waals surface area contributed by atoms with E-state index in [-0.39, 0.29) is 27.1 Å². The van der Waals surface area contributed by atoms with Crippen molar-refractivity contribution in [2.75, 3.05) is 7.11 Å². The van der Waals surface area contributed by atoms with E-state index in [9.17, 15) is 8.42 Å². The largest absolute Gasteiger partial charge is 0.389 e. The first-order chi connectivity index (χ1) is 9.33. The van der Waals surface area contributed by atoms with Gasteiger partial charge < -0.3 is 10.5 Å². The molecule has 2 rings (SSSR count). The zero-order valence-electron chi connectivity index (χ0n) is 10.8. The monoisotopic (exact) mass is 334 g/mol. The molecule has 0 atom stereocenters. The first-order valence-corrected chi connectivity index (χ1v) is 8.25. The van der Waals surface area contributed by atoms with Crippen molar-refractivity contribution in [2.45, 2.75) is 29.9 Å². The molecule has 3 N–H and O–H groups in total. The molecule has 0 aromatic heterocycles. The lowest BCUT2D eigenvalue weighted by molar-refractivity contribution is 0.0236. The van der Waals surface area contributed by atoms with Gasteiger partial charge in [0, 0.05) is 18.7 Å². The van der Waals surface area contributed by atoms with Crippen molar-refractivity contribution in [3.8, 4) is 0 Å². The summed E-state index contributed by atoms with van der Waals surface area (Å²) in [4.78, 5) is 0.117. The highest BCUT2D eigenvalue weighted by atomic mass is 35.5. The van der Waals surface area contributed by atoms with E-state index in [4.69, 9.17) is 34.3 Å². The van der Waals surface area contributed by atoms with Gasteiger partial charge in [0.25, 0.3) is 0 Å². The SMILES string of the molecule is COC1CC(NS(=O)(=O)c2cc(C(N)=S)ccc2Cl)C1. The maximum atomic E-state index is 12.3. The number of halogens is 1. The fourth-order valence-electron chi connectivity index (χ4n) is 2.00. The summed E-state index contributed by atoms with van der Waals surface area (Å²) in [6, 6.07) is 4.33. The fourth-order valence-corrected chi connectivity index (χ4v) is 3.91. The summed E-state index contributed by atoms with van der Waals surface area (Å²) in [6.45, 7) is 0. The summed E-state index contributed by atoms with van der Waals surface area (Å²) in [5.74, 6) is 0. The van der Waals surface area contributed by atoms with Crippen LogP contribution >= 0.6 is 23.8 Å². The van der Waals surface area contributed by atoms with Gasteiger partial charge in [-0.1, -0.05) is 29.9 Å². The molecule has 110 valence electrons. The quantitative estimate of drug-likeness (QED) is 0.796. The van der Waals surface area contributed by atoms with Crippen molar-refractivity contribution in [3.63, 3.8) is 0 Å². The van der Waals surface area contributed by atoms with Crippen LogP contribution in [-0.4, -0.2) is 32.7 Å². The van der Waals surface area contributed by atoms with E-state index < -0.39 is 10.0 Å². The molecule has 5 nitrogen and oxygen atoms in total. The number of benzene rings is 1. The van der Waals surface area contributed by atoms with E-state index in [0.29, 0.717) is 18.4 Å². The molecule has 0 heterocycles. The molecule has 0 bridgehead atoms. The Morgan fingerprint density at radius 1 is 1.50 bits per heavy atom. The molecule has 1 aromatic rings. The van der Waals surface area contributed by atoms with Gasteiger partial charge in [-0.3, -0.25) is 0 Å². The Labute approximate surface area is 128 Å². The number of thiocarbonyl (C=S) groups is 1. The average Bonchev–Trinajstić information content (AvgIpc) is 2.33. The molecule has 0 radical (unpaired) electrons. The van der Waals surface area contributed by atoms with Gasteiger partial charge in [0.2, 0.25) is 10.0 Å². The van der Waals surface area contributed by atoms with E-state index in [1.165, 1.54) is 12.1 Å². The third-order valence-electron chi connectivity index (χ3n) is 3.26. The number of rotatable bonds is 5. The van der Waals surface area contributed by atoms with Crippen LogP contribution in [0.15, 0.2) is 23.1 Å². The zero-order chi connectivity index (χ0) is 14.9. The van der Waals surface area contributed by atoms with E-state index >= 15 is 0 Å². The zero-order valence-corrected chi connectivity index (χ0v) is 13.2. The van der Waals surface area contributed by atoms with Crippen LogP contribution in [-0.2, 0) is 14.8 Å². The topological polar surface area (TPSA) is 81.4 Å². The van der Waals surface area contributed by atoms with Crippen LogP contribution in [0.2, 0.25) is 5.02 Å². The Kier molecular flexibility index (Phi) is 4.66. The van der Waals surface area contributed by atoms with Gasteiger partial charge in [0.1, 0.15) is 9.88 Å². The van der Waals surface area contributed by atoms with Gasteiger partial charge >= 0.3 is 0 Å². The summed E-state index contributed by atoms with van der Waals surface area (Å²) in [5.41, 5.74) is 5.97. The normalized spacial score (nSPS) is 22.3. The van der Waals surface area contributed by atoms with Crippen molar-refractivity contribution in [2.24, 2.45) is 5.73 Å². The summed E-state index contributed by atoms with van der Waals surface area (Å²) < 4.78 is 32.3. The van der Waals surface area contributed by atoms with Crippen LogP contribution in [0.1, 0.15) is 18.4 Å². The van der Waals surface area contributed by atoms with Gasteiger partial charge in [-0.15, -0.1) is 0 Å². The Morgan fingerprint density at radius 2 is 2.15 bits per heavy atom. The second-order valence-electron chi connectivity index (χ2n) is 4.66. The summed E-state index contributed by atoms with van der Waals surface area (Å²) in [7, 11) is -2.08. The van der Waals surface area contributed by atoms with E-state index in [2.05, 4.69) is 4.72 Å². The van der Waals surface area contributed by atoms with Gasteiger partial charge in [0.05, 0.1) is 11.1 Å². The Balaban J connectivity index is 2.21.